The SMILES string of the molecule is C=CC(=O)N1Cc2cc(-c3nc(-c4ccc5c(c4)CN(CC(=O)NC)CC5)c4sccc4c3C=C(F)/C=C/F)nn2C(C)C1. The quantitative estimate of drug-likeness (QED) is 0.210. The van der Waals surface area contributed by atoms with Crippen LogP contribution in [-0.4, -0.2) is 63.1 Å². The van der Waals surface area contributed by atoms with E-state index in [4.69, 9.17) is 10.1 Å². The van der Waals surface area contributed by atoms with E-state index in [0.717, 1.165) is 51.6 Å². The number of pyridine rings is 1. The van der Waals surface area contributed by atoms with Crippen LogP contribution in [0.15, 0.2) is 66.6 Å². The van der Waals surface area contributed by atoms with Crippen LogP contribution in [0.2, 0.25) is 0 Å². The summed E-state index contributed by atoms with van der Waals surface area (Å²) in [4.78, 5) is 33.4. The van der Waals surface area contributed by atoms with Gasteiger partial charge < -0.3 is 10.2 Å². The van der Waals surface area contributed by atoms with E-state index in [2.05, 4.69) is 35.0 Å². The van der Waals surface area contributed by atoms with Gasteiger partial charge in [0.15, 0.2) is 0 Å². The van der Waals surface area contributed by atoms with Crippen molar-refractivity contribution in [2.24, 2.45) is 0 Å². The summed E-state index contributed by atoms with van der Waals surface area (Å²) < 4.78 is 30.5. The van der Waals surface area contributed by atoms with Crippen LogP contribution < -0.4 is 5.32 Å². The molecule has 2 aliphatic heterocycles. The Balaban J connectivity index is 1.49. The molecule has 0 spiro atoms. The molecule has 0 radical (unpaired) electrons. The Kier molecular flexibility index (Phi) is 8.24. The second-order valence-electron chi connectivity index (χ2n) is 11.1. The normalized spacial score (nSPS) is 17.1. The van der Waals surface area contributed by atoms with Gasteiger partial charge in [-0.2, -0.15) is 5.10 Å². The number of amides is 2. The zero-order valence-corrected chi connectivity index (χ0v) is 25.3. The fraction of sp³-hybridized carbons (Fsp3) is 0.273. The first-order chi connectivity index (χ1) is 21.3. The number of aromatic nitrogens is 3. The van der Waals surface area contributed by atoms with Gasteiger partial charge in [-0.05, 0) is 60.2 Å². The monoisotopic (exact) mass is 614 g/mol. The number of nitrogens with one attached hydrogen (secondary N) is 1. The van der Waals surface area contributed by atoms with Crippen molar-refractivity contribution in [3.8, 4) is 22.6 Å². The van der Waals surface area contributed by atoms with Gasteiger partial charge in [-0.25, -0.2) is 13.8 Å². The highest BCUT2D eigenvalue weighted by Crippen LogP contribution is 2.40. The molecule has 5 heterocycles. The van der Waals surface area contributed by atoms with Gasteiger partial charge in [0.05, 0.1) is 47.2 Å². The van der Waals surface area contributed by atoms with Gasteiger partial charge in [0.1, 0.15) is 11.5 Å². The van der Waals surface area contributed by atoms with E-state index < -0.39 is 5.83 Å². The standard InChI is InChI=1S/C33H32F2N6O2S/c1-4-30(43)40-16-20(2)41-25(18-40)15-28(38-41)32-27(14-24(35)7-10-34)26-9-12-44-33(26)31(37-32)22-6-5-21-8-11-39(17-23(21)13-22)19-29(42)36-3/h4-7,9-10,12-15,20H,1,8,11,16-19H2,2-3H3,(H,36,42)/b10-7+,24-14?. The van der Waals surface area contributed by atoms with Gasteiger partial charge in [0.2, 0.25) is 11.8 Å². The van der Waals surface area contributed by atoms with Crippen molar-refractivity contribution in [2.45, 2.75) is 32.5 Å². The number of allylic oxidation sites excluding steroid dienone is 2. The molecular formula is C33H32F2N6O2S. The third-order valence-corrected chi connectivity index (χ3v) is 9.09. The van der Waals surface area contributed by atoms with E-state index >= 15 is 0 Å². The van der Waals surface area contributed by atoms with Crippen LogP contribution >= 0.6 is 11.3 Å². The van der Waals surface area contributed by atoms with Crippen LogP contribution in [0.5, 0.6) is 0 Å². The largest absolute Gasteiger partial charge is 0.358 e. The van der Waals surface area contributed by atoms with E-state index in [1.54, 1.807) is 11.9 Å². The molecule has 0 saturated heterocycles. The molecule has 4 aromatic rings. The van der Waals surface area contributed by atoms with E-state index in [1.165, 1.54) is 29.1 Å². The van der Waals surface area contributed by atoms with Crippen molar-refractivity contribution in [2.75, 3.05) is 26.7 Å². The van der Waals surface area contributed by atoms with Crippen molar-refractivity contribution < 1.29 is 18.4 Å². The zero-order valence-electron chi connectivity index (χ0n) is 24.5. The molecule has 1 unspecified atom stereocenters. The number of carbonyl (C=O) groups is 2. The van der Waals surface area contributed by atoms with Crippen molar-refractivity contribution in [3.63, 3.8) is 0 Å². The molecule has 1 N–H and O–H groups in total. The molecule has 2 amide bonds. The van der Waals surface area contributed by atoms with Crippen LogP contribution in [0.4, 0.5) is 8.78 Å². The van der Waals surface area contributed by atoms with Crippen molar-refractivity contribution in [3.05, 3.63) is 89.0 Å². The van der Waals surface area contributed by atoms with Gasteiger partial charge in [0, 0.05) is 49.3 Å². The smallest absolute Gasteiger partial charge is 0.246 e. The van der Waals surface area contributed by atoms with Gasteiger partial charge in [0.25, 0.3) is 0 Å². The zero-order chi connectivity index (χ0) is 31.0. The number of nitrogens with zero attached hydrogens (tertiary/aromatic N) is 5. The lowest BCUT2D eigenvalue weighted by Gasteiger charge is -2.31. The molecule has 226 valence electrons. The van der Waals surface area contributed by atoms with Crippen molar-refractivity contribution >= 4 is 39.3 Å². The topological polar surface area (TPSA) is 83.4 Å². The van der Waals surface area contributed by atoms with Crippen LogP contribution in [0.3, 0.4) is 0 Å². The Morgan fingerprint density at radius 1 is 1.18 bits per heavy atom. The Hall–Kier alpha value is -4.48. The Bertz CT molecular complexity index is 1840. The molecular weight excluding hydrogens is 582 g/mol. The molecule has 0 saturated carbocycles. The average Bonchev–Trinajstić information content (AvgIpc) is 3.69. The fourth-order valence-electron chi connectivity index (χ4n) is 6.02. The number of benzene rings is 1. The molecule has 6 rings (SSSR count). The lowest BCUT2D eigenvalue weighted by Crippen LogP contribution is -2.39. The van der Waals surface area contributed by atoms with Gasteiger partial charge in [-0.1, -0.05) is 18.7 Å². The maximum Gasteiger partial charge on any atom is 0.246 e. The maximum atomic E-state index is 14.8. The predicted molar refractivity (Wildman–Crippen MR) is 169 cm³/mol. The number of hydrogen-bond acceptors (Lipinski definition) is 6. The average molecular weight is 615 g/mol. The predicted octanol–water partition coefficient (Wildman–Crippen LogP) is 5.81. The van der Waals surface area contributed by atoms with Crippen LogP contribution in [0, 0.1) is 0 Å². The molecule has 0 bridgehead atoms. The lowest BCUT2D eigenvalue weighted by molar-refractivity contribution is -0.128. The Morgan fingerprint density at radius 2 is 2.02 bits per heavy atom. The third kappa shape index (κ3) is 5.60. The molecule has 8 nitrogen and oxygen atoms in total. The minimum absolute atomic E-state index is 0.0243. The van der Waals surface area contributed by atoms with E-state index in [1.807, 2.05) is 29.1 Å². The molecule has 2 aliphatic rings. The molecule has 3 aromatic heterocycles. The minimum Gasteiger partial charge on any atom is -0.358 e. The van der Waals surface area contributed by atoms with Gasteiger partial charge in [-0.3, -0.25) is 19.2 Å². The summed E-state index contributed by atoms with van der Waals surface area (Å²) in [5, 5.41) is 10.3. The summed E-state index contributed by atoms with van der Waals surface area (Å²) in [5.41, 5.74) is 6.32. The highest BCUT2D eigenvalue weighted by molar-refractivity contribution is 7.17. The summed E-state index contributed by atoms with van der Waals surface area (Å²) in [6.07, 6.45) is 4.37. The Morgan fingerprint density at radius 3 is 2.80 bits per heavy atom. The number of likely N-dealkylation sites (N-methyl/N-ethyl adjacent to an activating group) is 1. The summed E-state index contributed by atoms with van der Waals surface area (Å²) in [7, 11) is 1.64. The fourth-order valence-corrected chi connectivity index (χ4v) is 6.94. The van der Waals surface area contributed by atoms with Crippen LogP contribution in [0.25, 0.3) is 38.8 Å². The number of rotatable bonds is 7. The molecule has 11 heteroatoms. The number of carbonyl (C=O) groups excluding carboxylic acids is 2. The second kappa shape index (κ2) is 12.3. The van der Waals surface area contributed by atoms with E-state index in [9.17, 15) is 18.4 Å². The maximum absolute atomic E-state index is 14.8. The molecule has 0 aliphatic carbocycles. The van der Waals surface area contributed by atoms with E-state index in [-0.39, 0.29) is 24.2 Å². The minimum atomic E-state index is -0.749. The van der Waals surface area contributed by atoms with E-state index in [0.29, 0.717) is 43.1 Å². The molecule has 1 aromatic carbocycles. The second-order valence-corrected chi connectivity index (χ2v) is 12.0. The lowest BCUT2D eigenvalue weighted by atomic mass is 9.95. The molecule has 44 heavy (non-hydrogen) atoms. The van der Waals surface area contributed by atoms with Gasteiger partial charge in [-0.15, -0.1) is 11.3 Å². The molecule has 1 atom stereocenters. The molecule has 0 fully saturated rings. The summed E-state index contributed by atoms with van der Waals surface area (Å²) in [6, 6.07) is 10.00. The number of thiophene rings is 1. The van der Waals surface area contributed by atoms with Crippen molar-refractivity contribution in [1.29, 1.82) is 0 Å². The highest BCUT2D eigenvalue weighted by atomic mass is 32.1. The Labute approximate surface area is 258 Å². The summed E-state index contributed by atoms with van der Waals surface area (Å²) in [6.45, 7) is 8.22. The first kappa shape index (κ1) is 29.6. The third-order valence-electron chi connectivity index (χ3n) is 8.17. The first-order valence-electron chi connectivity index (χ1n) is 14.4. The first-order valence-corrected chi connectivity index (χ1v) is 15.3. The van der Waals surface area contributed by atoms with Gasteiger partial charge >= 0.3 is 0 Å². The number of hydrogen-bond donors (Lipinski definition) is 1. The summed E-state index contributed by atoms with van der Waals surface area (Å²) >= 11 is 1.50. The van der Waals surface area contributed by atoms with Crippen molar-refractivity contribution in [1.82, 2.24) is 29.9 Å². The number of halogens is 2. The number of fused-ring (bicyclic) bond motifs is 3. The van der Waals surface area contributed by atoms with Crippen LogP contribution in [0.1, 0.15) is 35.3 Å². The van der Waals surface area contributed by atoms with Crippen LogP contribution in [-0.2, 0) is 29.1 Å². The highest BCUT2D eigenvalue weighted by Gasteiger charge is 2.28. The summed E-state index contributed by atoms with van der Waals surface area (Å²) in [5.74, 6) is -0.930.